The van der Waals surface area contributed by atoms with E-state index in [1.165, 1.54) is 0 Å². The van der Waals surface area contributed by atoms with Gasteiger partial charge in [0.05, 0.1) is 12.1 Å². The maximum Gasteiger partial charge on any atom is 0.237 e. The van der Waals surface area contributed by atoms with Gasteiger partial charge in [-0.2, -0.15) is 0 Å². The third-order valence-corrected chi connectivity index (χ3v) is 3.18. The number of aromatic nitrogens is 1. The fraction of sp³-hybridized carbons (Fsp3) is 0.250. The van der Waals surface area contributed by atoms with E-state index < -0.39 is 6.04 Å². The number of carbonyl (C=O) groups is 1. The van der Waals surface area contributed by atoms with Gasteiger partial charge in [0, 0.05) is 12.4 Å². The van der Waals surface area contributed by atoms with E-state index in [1.54, 1.807) is 12.4 Å². The topological polar surface area (TPSA) is 68.0 Å². The zero-order valence-corrected chi connectivity index (χ0v) is 11.5. The van der Waals surface area contributed by atoms with Crippen LogP contribution in [0.25, 0.3) is 0 Å². The van der Waals surface area contributed by atoms with E-state index in [2.05, 4.69) is 10.3 Å². The van der Waals surface area contributed by atoms with Crippen LogP contribution in [0.2, 0.25) is 0 Å². The van der Waals surface area contributed by atoms with E-state index in [0.717, 1.165) is 11.1 Å². The first-order valence-corrected chi connectivity index (χ1v) is 6.66. The quantitative estimate of drug-likeness (QED) is 0.870. The minimum absolute atomic E-state index is 0.0991. The molecule has 1 aromatic heterocycles. The van der Waals surface area contributed by atoms with Crippen molar-refractivity contribution in [1.82, 2.24) is 10.3 Å². The normalized spacial score (nSPS) is 13.5. The van der Waals surface area contributed by atoms with Crippen LogP contribution in [-0.2, 0) is 11.2 Å². The molecule has 2 atom stereocenters. The third-order valence-electron chi connectivity index (χ3n) is 3.18. The van der Waals surface area contributed by atoms with Crippen molar-refractivity contribution in [1.29, 1.82) is 0 Å². The number of pyridine rings is 1. The summed E-state index contributed by atoms with van der Waals surface area (Å²) in [5.74, 6) is -0.148. The summed E-state index contributed by atoms with van der Waals surface area (Å²) in [5, 5.41) is 2.91. The van der Waals surface area contributed by atoms with E-state index in [9.17, 15) is 4.79 Å². The van der Waals surface area contributed by atoms with Crippen molar-refractivity contribution in [2.45, 2.75) is 25.4 Å². The molecule has 0 bridgehead atoms. The van der Waals surface area contributed by atoms with Gasteiger partial charge in [-0.25, -0.2) is 0 Å². The Bertz CT molecular complexity index is 542. The Labute approximate surface area is 119 Å². The maximum absolute atomic E-state index is 12.1. The van der Waals surface area contributed by atoms with E-state index in [4.69, 9.17) is 5.73 Å². The first kappa shape index (κ1) is 14.2. The Morgan fingerprint density at radius 3 is 2.65 bits per heavy atom. The van der Waals surface area contributed by atoms with Crippen molar-refractivity contribution in [2.75, 3.05) is 0 Å². The van der Waals surface area contributed by atoms with Crippen molar-refractivity contribution in [2.24, 2.45) is 5.73 Å². The molecule has 0 spiro atoms. The number of nitrogens with one attached hydrogen (secondary N) is 1. The highest BCUT2D eigenvalue weighted by atomic mass is 16.2. The van der Waals surface area contributed by atoms with E-state index >= 15 is 0 Å². The van der Waals surface area contributed by atoms with Crippen molar-refractivity contribution in [3.8, 4) is 0 Å². The van der Waals surface area contributed by atoms with Gasteiger partial charge >= 0.3 is 0 Å². The summed E-state index contributed by atoms with van der Waals surface area (Å²) < 4.78 is 0. The lowest BCUT2D eigenvalue weighted by molar-refractivity contribution is -0.123. The Balaban J connectivity index is 1.91. The molecule has 0 radical (unpaired) electrons. The van der Waals surface area contributed by atoms with Gasteiger partial charge in [-0.1, -0.05) is 36.4 Å². The number of nitrogens with two attached hydrogens (primary N) is 1. The van der Waals surface area contributed by atoms with Crippen LogP contribution >= 0.6 is 0 Å². The van der Waals surface area contributed by atoms with Gasteiger partial charge in [-0.15, -0.1) is 0 Å². The molecule has 0 saturated heterocycles. The van der Waals surface area contributed by atoms with Gasteiger partial charge in [0.1, 0.15) is 0 Å². The van der Waals surface area contributed by atoms with Crippen molar-refractivity contribution >= 4 is 5.91 Å². The molecule has 1 amide bonds. The largest absolute Gasteiger partial charge is 0.348 e. The predicted octanol–water partition coefficient (Wildman–Crippen LogP) is 1.83. The monoisotopic (exact) mass is 269 g/mol. The average Bonchev–Trinajstić information content (AvgIpc) is 2.49. The van der Waals surface area contributed by atoms with E-state index in [-0.39, 0.29) is 11.9 Å². The summed E-state index contributed by atoms with van der Waals surface area (Å²) in [6.45, 7) is 1.92. The molecule has 0 saturated carbocycles. The number of hydrogen-bond acceptors (Lipinski definition) is 3. The summed E-state index contributed by atoms with van der Waals surface area (Å²) in [4.78, 5) is 16.1. The SMILES string of the molecule is CC(NC(=O)C(N)Cc1ccccc1)c1cccnc1. The third kappa shape index (κ3) is 3.90. The summed E-state index contributed by atoms with van der Waals surface area (Å²) in [6, 6.07) is 12.9. The summed E-state index contributed by atoms with van der Waals surface area (Å²) in [5.41, 5.74) is 7.97. The molecule has 2 unspecified atom stereocenters. The summed E-state index contributed by atoms with van der Waals surface area (Å²) >= 11 is 0. The second-order valence-electron chi connectivity index (χ2n) is 4.81. The van der Waals surface area contributed by atoms with E-state index in [1.807, 2.05) is 49.4 Å². The Morgan fingerprint density at radius 1 is 1.25 bits per heavy atom. The highest BCUT2D eigenvalue weighted by molar-refractivity contribution is 5.82. The van der Waals surface area contributed by atoms with Gasteiger partial charge < -0.3 is 11.1 Å². The minimum atomic E-state index is -0.545. The van der Waals surface area contributed by atoms with Crippen LogP contribution in [0.3, 0.4) is 0 Å². The second kappa shape index (κ2) is 6.82. The van der Waals surface area contributed by atoms with Crippen LogP contribution < -0.4 is 11.1 Å². The lowest BCUT2D eigenvalue weighted by Gasteiger charge is -2.17. The Hall–Kier alpha value is -2.20. The molecule has 4 nitrogen and oxygen atoms in total. The van der Waals surface area contributed by atoms with Gasteiger partial charge in [0.2, 0.25) is 5.91 Å². The summed E-state index contributed by atoms with van der Waals surface area (Å²) in [7, 11) is 0. The van der Waals surface area contributed by atoms with Gasteiger partial charge in [-0.3, -0.25) is 9.78 Å². The Kier molecular flexibility index (Phi) is 4.85. The van der Waals surface area contributed by atoms with Crippen molar-refractivity contribution in [3.63, 3.8) is 0 Å². The number of rotatable bonds is 5. The zero-order valence-electron chi connectivity index (χ0n) is 11.5. The minimum Gasteiger partial charge on any atom is -0.348 e. The number of carbonyl (C=O) groups excluding carboxylic acids is 1. The van der Waals surface area contributed by atoms with Crippen LogP contribution in [0.15, 0.2) is 54.9 Å². The van der Waals surface area contributed by atoms with Crippen LogP contribution in [0, 0.1) is 0 Å². The van der Waals surface area contributed by atoms with Gasteiger partial charge in [0.15, 0.2) is 0 Å². The molecule has 2 aromatic rings. The highest BCUT2D eigenvalue weighted by Gasteiger charge is 2.16. The van der Waals surface area contributed by atoms with E-state index in [0.29, 0.717) is 6.42 Å². The molecule has 104 valence electrons. The van der Waals surface area contributed by atoms with Crippen LogP contribution in [0.5, 0.6) is 0 Å². The lowest BCUT2D eigenvalue weighted by Crippen LogP contribution is -2.42. The molecule has 0 aliphatic rings. The fourth-order valence-corrected chi connectivity index (χ4v) is 2.00. The molecular formula is C16H19N3O. The van der Waals surface area contributed by atoms with Crippen molar-refractivity contribution < 1.29 is 4.79 Å². The zero-order chi connectivity index (χ0) is 14.4. The average molecular weight is 269 g/mol. The highest BCUT2D eigenvalue weighted by Crippen LogP contribution is 2.10. The van der Waals surface area contributed by atoms with Crippen molar-refractivity contribution in [3.05, 3.63) is 66.0 Å². The first-order chi connectivity index (χ1) is 9.66. The molecule has 0 aliphatic carbocycles. The van der Waals surface area contributed by atoms with Crippen LogP contribution in [0.1, 0.15) is 24.1 Å². The van der Waals surface area contributed by atoms with Gasteiger partial charge in [-0.05, 0) is 30.5 Å². The summed E-state index contributed by atoms with van der Waals surface area (Å²) in [6.07, 6.45) is 3.99. The lowest BCUT2D eigenvalue weighted by atomic mass is 10.1. The van der Waals surface area contributed by atoms with Crippen LogP contribution in [0.4, 0.5) is 0 Å². The molecule has 2 rings (SSSR count). The van der Waals surface area contributed by atoms with Gasteiger partial charge in [0.25, 0.3) is 0 Å². The number of benzene rings is 1. The molecule has 20 heavy (non-hydrogen) atoms. The Morgan fingerprint density at radius 2 is 2.00 bits per heavy atom. The standard InChI is InChI=1S/C16H19N3O/c1-12(14-8-5-9-18-11-14)19-16(20)15(17)10-13-6-3-2-4-7-13/h2-9,11-12,15H,10,17H2,1H3,(H,19,20). The maximum atomic E-state index is 12.1. The predicted molar refractivity (Wildman–Crippen MR) is 78.9 cm³/mol. The second-order valence-corrected chi connectivity index (χ2v) is 4.81. The molecule has 1 aromatic carbocycles. The smallest absolute Gasteiger partial charge is 0.237 e. The molecule has 1 heterocycles. The molecule has 3 N–H and O–H groups in total. The molecule has 4 heteroatoms. The number of nitrogens with zero attached hydrogens (tertiary/aromatic N) is 1. The molecule has 0 fully saturated rings. The first-order valence-electron chi connectivity index (χ1n) is 6.66. The fourth-order valence-electron chi connectivity index (χ4n) is 2.00. The molecule has 0 aliphatic heterocycles. The number of hydrogen-bond donors (Lipinski definition) is 2. The van der Waals surface area contributed by atoms with Crippen LogP contribution in [-0.4, -0.2) is 16.9 Å². The number of amides is 1. The molecular weight excluding hydrogens is 250 g/mol.